The van der Waals surface area contributed by atoms with Gasteiger partial charge in [-0.2, -0.15) is 0 Å². The average Bonchev–Trinajstić information content (AvgIpc) is 3.01. The van der Waals surface area contributed by atoms with Crippen molar-refractivity contribution in [2.45, 2.75) is 17.5 Å². The van der Waals surface area contributed by atoms with Gasteiger partial charge in [0.1, 0.15) is 12.3 Å². The lowest BCUT2D eigenvalue weighted by Gasteiger charge is -2.04. The number of carbonyl (C=O) groups is 1. The Bertz CT molecular complexity index is 785. The summed E-state index contributed by atoms with van der Waals surface area (Å²) in [5, 5.41) is 16.5. The maximum atomic E-state index is 11.9. The maximum Gasteiger partial charge on any atom is 0.273 e. The largest absolute Gasteiger partial charge is 0.446 e. The molecule has 1 amide bonds. The fraction of sp³-hybridized carbons (Fsp3) is 0.231. The molecule has 0 saturated carbocycles. The predicted octanol–water partition coefficient (Wildman–Crippen LogP) is -0.756. The average molecular weight is 340 g/mol. The van der Waals surface area contributed by atoms with Crippen molar-refractivity contribution in [1.29, 1.82) is 0 Å². The molecule has 0 radical (unpaired) electrons. The molecule has 23 heavy (non-hydrogen) atoms. The van der Waals surface area contributed by atoms with E-state index in [4.69, 9.17) is 20.4 Å². The summed E-state index contributed by atoms with van der Waals surface area (Å²) in [7, 11) is -3.74. The molecule has 1 unspecified atom stereocenters. The van der Waals surface area contributed by atoms with E-state index in [1.165, 1.54) is 24.3 Å². The van der Waals surface area contributed by atoms with Gasteiger partial charge in [-0.15, -0.1) is 0 Å². The predicted molar refractivity (Wildman–Crippen MR) is 79.5 cm³/mol. The Labute approximate surface area is 132 Å². The highest BCUT2D eigenvalue weighted by Crippen LogP contribution is 2.11. The first-order chi connectivity index (χ1) is 10.8. The first-order valence-electron chi connectivity index (χ1n) is 6.53. The number of primary sulfonamides is 1. The fourth-order valence-corrected chi connectivity index (χ4v) is 2.23. The first kappa shape index (κ1) is 17.1. The van der Waals surface area contributed by atoms with E-state index in [2.05, 4.69) is 10.3 Å². The highest BCUT2D eigenvalue weighted by molar-refractivity contribution is 7.89. The van der Waals surface area contributed by atoms with Crippen LogP contribution in [0.1, 0.15) is 28.0 Å². The molecule has 0 saturated heterocycles. The zero-order chi connectivity index (χ0) is 17.0. The van der Waals surface area contributed by atoms with Gasteiger partial charge < -0.3 is 20.6 Å². The van der Waals surface area contributed by atoms with Crippen LogP contribution in [0.3, 0.4) is 0 Å². The number of oxazole rings is 1. The molecule has 0 fully saturated rings. The molecule has 6 N–H and O–H groups in total. The van der Waals surface area contributed by atoms with Crippen LogP contribution >= 0.6 is 0 Å². The molecule has 124 valence electrons. The number of aliphatic hydroxyl groups is 1. The van der Waals surface area contributed by atoms with Crippen molar-refractivity contribution in [2.75, 3.05) is 6.61 Å². The number of benzene rings is 1. The summed E-state index contributed by atoms with van der Waals surface area (Å²) in [6.45, 7) is -0.185. The molecule has 2 aromatic rings. The van der Waals surface area contributed by atoms with Gasteiger partial charge in [-0.25, -0.2) is 18.5 Å². The standard InChI is InChI=1S/C13H16N4O5S/c14-10(6-18)13-17-11(7-22-13)12(19)16-5-8-1-3-9(4-2-8)23(15,20)21/h1-4,7,10,18H,5-6,14H2,(H,16,19)(H2,15,20,21). The maximum absolute atomic E-state index is 11.9. The number of amides is 1. The van der Waals surface area contributed by atoms with Gasteiger partial charge in [0, 0.05) is 6.54 Å². The minimum atomic E-state index is -3.74. The molecular weight excluding hydrogens is 324 g/mol. The lowest BCUT2D eigenvalue weighted by Crippen LogP contribution is -2.23. The van der Waals surface area contributed by atoms with E-state index < -0.39 is 22.0 Å². The van der Waals surface area contributed by atoms with E-state index in [0.29, 0.717) is 5.56 Å². The molecule has 1 atom stereocenters. The lowest BCUT2D eigenvalue weighted by molar-refractivity contribution is 0.0945. The van der Waals surface area contributed by atoms with Crippen LogP contribution < -0.4 is 16.2 Å². The Morgan fingerprint density at radius 2 is 2.00 bits per heavy atom. The van der Waals surface area contributed by atoms with E-state index in [-0.39, 0.29) is 29.6 Å². The van der Waals surface area contributed by atoms with Crippen LogP contribution in [0.2, 0.25) is 0 Å². The summed E-state index contributed by atoms with van der Waals surface area (Å²) in [6, 6.07) is 4.99. The second-order valence-electron chi connectivity index (χ2n) is 4.73. The van der Waals surface area contributed by atoms with Crippen molar-refractivity contribution >= 4 is 15.9 Å². The van der Waals surface area contributed by atoms with Gasteiger partial charge in [0.15, 0.2) is 5.69 Å². The number of nitrogens with two attached hydrogens (primary N) is 2. The smallest absolute Gasteiger partial charge is 0.273 e. The van der Waals surface area contributed by atoms with Crippen molar-refractivity contribution in [2.24, 2.45) is 10.9 Å². The van der Waals surface area contributed by atoms with Crippen LogP contribution in [-0.2, 0) is 16.6 Å². The minimum absolute atomic E-state index is 0.00768. The van der Waals surface area contributed by atoms with Crippen molar-refractivity contribution in [3.63, 3.8) is 0 Å². The number of hydrogen-bond donors (Lipinski definition) is 4. The summed E-state index contributed by atoms with van der Waals surface area (Å²) >= 11 is 0. The summed E-state index contributed by atoms with van der Waals surface area (Å²) in [4.78, 5) is 15.8. The number of aliphatic hydroxyl groups excluding tert-OH is 1. The number of rotatable bonds is 6. The van der Waals surface area contributed by atoms with Crippen molar-refractivity contribution < 1.29 is 22.7 Å². The fourth-order valence-electron chi connectivity index (χ4n) is 1.71. The van der Waals surface area contributed by atoms with Gasteiger partial charge >= 0.3 is 0 Å². The first-order valence-corrected chi connectivity index (χ1v) is 8.07. The van der Waals surface area contributed by atoms with E-state index in [9.17, 15) is 13.2 Å². The Kier molecular flexibility index (Phi) is 5.11. The van der Waals surface area contributed by atoms with Crippen molar-refractivity contribution in [3.8, 4) is 0 Å². The summed E-state index contributed by atoms with van der Waals surface area (Å²) in [5.41, 5.74) is 6.24. The number of aromatic nitrogens is 1. The van der Waals surface area contributed by atoms with E-state index >= 15 is 0 Å². The minimum Gasteiger partial charge on any atom is -0.446 e. The Morgan fingerprint density at radius 1 is 1.35 bits per heavy atom. The van der Waals surface area contributed by atoms with Crippen LogP contribution in [0.5, 0.6) is 0 Å². The highest BCUT2D eigenvalue weighted by Gasteiger charge is 2.16. The van der Waals surface area contributed by atoms with Crippen LogP contribution in [0, 0.1) is 0 Å². The highest BCUT2D eigenvalue weighted by atomic mass is 32.2. The Morgan fingerprint density at radius 3 is 2.57 bits per heavy atom. The number of nitrogens with one attached hydrogen (secondary N) is 1. The molecule has 0 aliphatic carbocycles. The van der Waals surface area contributed by atoms with Gasteiger partial charge in [-0.05, 0) is 17.7 Å². The zero-order valence-corrected chi connectivity index (χ0v) is 12.8. The number of sulfonamides is 1. The van der Waals surface area contributed by atoms with Gasteiger partial charge in [-0.1, -0.05) is 12.1 Å². The Hall–Kier alpha value is -2.27. The van der Waals surface area contributed by atoms with Crippen molar-refractivity contribution in [3.05, 3.63) is 47.7 Å². The number of carbonyl (C=O) groups excluding carboxylic acids is 1. The third-order valence-corrected chi connectivity index (χ3v) is 3.90. The number of hydrogen-bond acceptors (Lipinski definition) is 7. The summed E-state index contributed by atoms with van der Waals surface area (Å²) in [5.74, 6) is -0.421. The van der Waals surface area contributed by atoms with Crippen molar-refractivity contribution in [1.82, 2.24) is 10.3 Å². The number of nitrogens with zero attached hydrogens (tertiary/aromatic N) is 1. The molecule has 0 spiro atoms. The lowest BCUT2D eigenvalue weighted by atomic mass is 10.2. The molecule has 9 nitrogen and oxygen atoms in total. The van der Waals surface area contributed by atoms with Gasteiger partial charge in [0.2, 0.25) is 15.9 Å². The van der Waals surface area contributed by atoms with Crippen LogP contribution in [0.25, 0.3) is 0 Å². The molecule has 1 heterocycles. The monoisotopic (exact) mass is 340 g/mol. The molecule has 2 rings (SSSR count). The molecule has 1 aromatic carbocycles. The van der Waals surface area contributed by atoms with Gasteiger partial charge in [-0.3, -0.25) is 4.79 Å². The van der Waals surface area contributed by atoms with E-state index in [1.54, 1.807) is 0 Å². The second kappa shape index (κ2) is 6.87. The molecule has 10 heteroatoms. The molecule has 0 bridgehead atoms. The molecular formula is C13H16N4O5S. The zero-order valence-electron chi connectivity index (χ0n) is 12.0. The van der Waals surface area contributed by atoms with E-state index in [1.807, 2.05) is 0 Å². The molecule has 0 aliphatic heterocycles. The van der Waals surface area contributed by atoms with E-state index in [0.717, 1.165) is 6.26 Å². The topological polar surface area (TPSA) is 162 Å². The van der Waals surface area contributed by atoms with Crippen LogP contribution in [0.15, 0.2) is 39.8 Å². The van der Waals surface area contributed by atoms with Gasteiger partial charge in [0.25, 0.3) is 5.91 Å². The Balaban J connectivity index is 1.98. The summed E-state index contributed by atoms with van der Waals surface area (Å²) in [6.07, 6.45) is 1.14. The molecule has 1 aromatic heterocycles. The second-order valence-corrected chi connectivity index (χ2v) is 6.29. The molecule has 0 aliphatic rings. The van der Waals surface area contributed by atoms with Gasteiger partial charge in [0.05, 0.1) is 11.5 Å². The summed E-state index contributed by atoms with van der Waals surface area (Å²) < 4.78 is 27.3. The SMILES string of the molecule is NC(CO)c1nc(C(=O)NCc2ccc(S(N)(=O)=O)cc2)co1. The third-order valence-electron chi connectivity index (χ3n) is 2.97. The van der Waals surface area contributed by atoms with Crippen LogP contribution in [0.4, 0.5) is 0 Å². The van der Waals surface area contributed by atoms with Crippen LogP contribution in [-0.4, -0.2) is 31.0 Å². The quantitative estimate of drug-likeness (QED) is 0.537. The third kappa shape index (κ3) is 4.36. The normalized spacial score (nSPS) is 12.8.